The van der Waals surface area contributed by atoms with Crippen LogP contribution in [-0.4, -0.2) is 60.8 Å². The van der Waals surface area contributed by atoms with Gasteiger partial charge >= 0.3 is 6.18 Å². The van der Waals surface area contributed by atoms with Gasteiger partial charge < -0.3 is 19.9 Å². The number of rotatable bonds is 9. The summed E-state index contributed by atoms with van der Waals surface area (Å²) in [5.41, 5.74) is -0.115. The molecule has 0 saturated heterocycles. The number of ether oxygens (including phenoxy) is 1. The van der Waals surface area contributed by atoms with E-state index < -0.39 is 11.7 Å². The second-order valence-electron chi connectivity index (χ2n) is 7.82. The minimum atomic E-state index is -4.34. The van der Waals surface area contributed by atoms with Crippen molar-refractivity contribution >= 4 is 23.0 Å². The van der Waals surface area contributed by atoms with Gasteiger partial charge in [0, 0.05) is 38.5 Å². The highest BCUT2D eigenvalue weighted by Crippen LogP contribution is 2.30. The van der Waals surface area contributed by atoms with Crippen LogP contribution in [0.4, 0.5) is 18.9 Å². The topological polar surface area (TPSA) is 27.7 Å². The highest BCUT2D eigenvalue weighted by molar-refractivity contribution is 7.80. The maximum Gasteiger partial charge on any atom is 0.416 e. The molecule has 0 unspecified atom stereocenters. The van der Waals surface area contributed by atoms with Gasteiger partial charge in [-0.15, -0.1) is 6.58 Å². The van der Waals surface area contributed by atoms with Crippen LogP contribution in [0.25, 0.3) is 0 Å². The normalized spacial score (nSPS) is 19.5. The Bertz CT molecular complexity index is 673. The molecule has 1 saturated carbocycles. The van der Waals surface area contributed by atoms with Gasteiger partial charge in [-0.1, -0.05) is 6.08 Å². The van der Waals surface area contributed by atoms with E-state index in [1.54, 1.807) is 0 Å². The molecule has 0 aliphatic heterocycles. The number of halogens is 3. The van der Waals surface area contributed by atoms with Crippen LogP contribution in [0.5, 0.6) is 0 Å². The highest BCUT2D eigenvalue weighted by Gasteiger charge is 2.30. The summed E-state index contributed by atoms with van der Waals surface area (Å²) < 4.78 is 44.1. The van der Waals surface area contributed by atoms with E-state index in [0.29, 0.717) is 16.8 Å². The first-order chi connectivity index (χ1) is 14.2. The Morgan fingerprint density at radius 1 is 1.20 bits per heavy atom. The van der Waals surface area contributed by atoms with Crippen LogP contribution in [0.3, 0.4) is 0 Å². The van der Waals surface area contributed by atoms with Gasteiger partial charge in [0.1, 0.15) is 0 Å². The molecule has 1 aliphatic carbocycles. The lowest BCUT2D eigenvalue weighted by Gasteiger charge is -2.36. The Labute approximate surface area is 183 Å². The molecular formula is C22H32F3N3OS. The summed E-state index contributed by atoms with van der Waals surface area (Å²) in [7, 11) is 4.00. The lowest BCUT2D eigenvalue weighted by molar-refractivity contribution is -0.137. The van der Waals surface area contributed by atoms with Crippen LogP contribution in [-0.2, 0) is 10.9 Å². The molecule has 0 heterocycles. The summed E-state index contributed by atoms with van der Waals surface area (Å²) in [6, 6.07) is 5.23. The summed E-state index contributed by atoms with van der Waals surface area (Å²) in [5.74, 6) is 0. The number of benzene rings is 1. The molecule has 4 nitrogen and oxygen atoms in total. The third-order valence-corrected chi connectivity index (χ3v) is 5.84. The van der Waals surface area contributed by atoms with E-state index in [-0.39, 0.29) is 6.10 Å². The fraction of sp³-hybridized carbons (Fsp3) is 0.591. The molecular weight excluding hydrogens is 411 g/mol. The van der Waals surface area contributed by atoms with Crippen LogP contribution in [0, 0.1) is 0 Å². The molecule has 0 amide bonds. The standard InChI is InChI=1S/C22H32F3N3OS/c1-4-14-27(2)15-5-16-29-20-12-10-19(11-13-20)28(3)21(30)26-18-8-6-17(7-9-18)22(23,24)25/h4,6-9,19-20H,1,5,10-16H2,2-3H3,(H,26,30). The van der Waals surface area contributed by atoms with Crippen molar-refractivity contribution in [2.75, 3.05) is 39.1 Å². The average molecular weight is 444 g/mol. The molecule has 168 valence electrons. The number of likely N-dealkylation sites (N-methyl/N-ethyl adjacent to an activating group) is 1. The lowest BCUT2D eigenvalue weighted by atomic mass is 9.92. The van der Waals surface area contributed by atoms with Gasteiger partial charge in [0.15, 0.2) is 5.11 Å². The van der Waals surface area contributed by atoms with E-state index >= 15 is 0 Å². The fourth-order valence-corrected chi connectivity index (χ4v) is 3.88. The van der Waals surface area contributed by atoms with Crippen molar-refractivity contribution in [3.05, 3.63) is 42.5 Å². The third kappa shape index (κ3) is 7.89. The van der Waals surface area contributed by atoms with Crippen LogP contribution in [0.15, 0.2) is 36.9 Å². The smallest absolute Gasteiger partial charge is 0.378 e. The number of anilines is 1. The molecule has 1 N–H and O–H groups in total. The van der Waals surface area contributed by atoms with Crippen molar-refractivity contribution in [3.8, 4) is 0 Å². The number of nitrogens with zero attached hydrogens (tertiary/aromatic N) is 2. The molecule has 1 aliphatic rings. The zero-order valence-electron chi connectivity index (χ0n) is 17.8. The molecule has 0 bridgehead atoms. The first kappa shape index (κ1) is 24.6. The molecule has 1 fully saturated rings. The minimum Gasteiger partial charge on any atom is -0.378 e. The van der Waals surface area contributed by atoms with Crippen molar-refractivity contribution in [3.63, 3.8) is 0 Å². The largest absolute Gasteiger partial charge is 0.416 e. The fourth-order valence-electron chi connectivity index (χ4n) is 3.62. The lowest BCUT2D eigenvalue weighted by Crippen LogP contribution is -2.42. The van der Waals surface area contributed by atoms with Crippen molar-refractivity contribution in [1.82, 2.24) is 9.80 Å². The SMILES string of the molecule is C=CCN(C)CCCOC1CCC(N(C)C(=S)Nc2ccc(C(F)(F)F)cc2)CC1. The Balaban J connectivity index is 1.71. The molecule has 30 heavy (non-hydrogen) atoms. The van der Waals surface area contributed by atoms with Gasteiger partial charge in [0.25, 0.3) is 0 Å². The van der Waals surface area contributed by atoms with Crippen LogP contribution < -0.4 is 5.32 Å². The summed E-state index contributed by atoms with van der Waals surface area (Å²) >= 11 is 5.46. The number of nitrogens with one attached hydrogen (secondary N) is 1. The van der Waals surface area contributed by atoms with E-state index in [1.807, 2.05) is 18.0 Å². The van der Waals surface area contributed by atoms with Gasteiger partial charge in [-0.25, -0.2) is 0 Å². The Morgan fingerprint density at radius 3 is 2.40 bits per heavy atom. The summed E-state index contributed by atoms with van der Waals surface area (Å²) in [4.78, 5) is 4.22. The van der Waals surface area contributed by atoms with Gasteiger partial charge in [-0.05, 0) is 75.6 Å². The first-order valence-electron chi connectivity index (χ1n) is 10.3. The molecule has 0 atom stereocenters. The molecule has 0 radical (unpaired) electrons. The third-order valence-electron chi connectivity index (χ3n) is 5.45. The second kappa shape index (κ2) is 11.7. The second-order valence-corrected chi connectivity index (χ2v) is 8.21. The molecule has 2 rings (SSSR count). The molecule has 0 aromatic heterocycles. The zero-order chi connectivity index (χ0) is 22.1. The zero-order valence-corrected chi connectivity index (χ0v) is 18.6. The summed E-state index contributed by atoms with van der Waals surface area (Å²) in [6.45, 7) is 6.39. The molecule has 1 aromatic carbocycles. The predicted octanol–water partition coefficient (Wildman–Crippen LogP) is 5.17. The maximum atomic E-state index is 12.7. The van der Waals surface area contributed by atoms with E-state index in [1.165, 1.54) is 12.1 Å². The summed E-state index contributed by atoms with van der Waals surface area (Å²) in [6.07, 6.45) is 2.79. The Morgan fingerprint density at radius 2 is 1.83 bits per heavy atom. The van der Waals surface area contributed by atoms with Gasteiger partial charge in [0.05, 0.1) is 11.7 Å². The summed E-state index contributed by atoms with van der Waals surface area (Å²) in [5, 5.41) is 3.56. The van der Waals surface area contributed by atoms with E-state index in [2.05, 4.69) is 23.8 Å². The monoisotopic (exact) mass is 443 g/mol. The number of hydrogen-bond donors (Lipinski definition) is 1. The Kier molecular flexibility index (Phi) is 9.58. The van der Waals surface area contributed by atoms with Gasteiger partial charge in [0.2, 0.25) is 0 Å². The first-order valence-corrected chi connectivity index (χ1v) is 10.7. The minimum absolute atomic E-state index is 0.288. The molecule has 8 heteroatoms. The number of thiocarbonyl (C=S) groups is 1. The van der Waals surface area contributed by atoms with Crippen molar-refractivity contribution in [1.29, 1.82) is 0 Å². The molecule has 0 spiro atoms. The van der Waals surface area contributed by atoms with Gasteiger partial charge in [-0.2, -0.15) is 13.2 Å². The van der Waals surface area contributed by atoms with Crippen molar-refractivity contribution in [2.24, 2.45) is 0 Å². The number of alkyl halides is 3. The van der Waals surface area contributed by atoms with Crippen molar-refractivity contribution in [2.45, 2.75) is 50.4 Å². The number of hydrogen-bond acceptors (Lipinski definition) is 3. The molecule has 1 aromatic rings. The van der Waals surface area contributed by atoms with Crippen LogP contribution >= 0.6 is 12.2 Å². The van der Waals surface area contributed by atoms with E-state index in [4.69, 9.17) is 17.0 Å². The van der Waals surface area contributed by atoms with E-state index in [9.17, 15) is 13.2 Å². The van der Waals surface area contributed by atoms with Crippen LogP contribution in [0.1, 0.15) is 37.7 Å². The van der Waals surface area contributed by atoms with Gasteiger partial charge in [-0.3, -0.25) is 0 Å². The quantitative estimate of drug-likeness (QED) is 0.323. The van der Waals surface area contributed by atoms with Crippen LogP contribution in [0.2, 0.25) is 0 Å². The maximum absolute atomic E-state index is 12.7. The average Bonchev–Trinajstić information content (AvgIpc) is 2.71. The predicted molar refractivity (Wildman–Crippen MR) is 120 cm³/mol. The Hall–Kier alpha value is -1.64. The van der Waals surface area contributed by atoms with Crippen molar-refractivity contribution < 1.29 is 17.9 Å². The van der Waals surface area contributed by atoms with E-state index in [0.717, 1.165) is 63.9 Å². The highest BCUT2D eigenvalue weighted by atomic mass is 32.1.